The van der Waals surface area contributed by atoms with Crippen molar-refractivity contribution in [3.63, 3.8) is 0 Å². The van der Waals surface area contributed by atoms with E-state index < -0.39 is 6.10 Å². The lowest BCUT2D eigenvalue weighted by molar-refractivity contribution is -0.217. The molecule has 0 amide bonds. The second-order valence-corrected chi connectivity index (χ2v) is 4.04. The van der Waals surface area contributed by atoms with Crippen LogP contribution in [0.3, 0.4) is 0 Å². The fraction of sp³-hybridized carbons (Fsp3) is 0.909. The smallest absolute Gasteiger partial charge is 0.335 e. The van der Waals surface area contributed by atoms with Gasteiger partial charge in [0.15, 0.2) is 6.10 Å². The van der Waals surface area contributed by atoms with Crippen molar-refractivity contribution in [2.24, 2.45) is 5.92 Å². The highest BCUT2D eigenvalue weighted by Gasteiger charge is 2.45. The summed E-state index contributed by atoms with van der Waals surface area (Å²) >= 11 is 0. The molecule has 1 saturated heterocycles. The van der Waals surface area contributed by atoms with Gasteiger partial charge in [0.25, 0.3) is 0 Å². The highest BCUT2D eigenvalue weighted by molar-refractivity contribution is 5.75. The van der Waals surface area contributed by atoms with Crippen molar-refractivity contribution >= 4 is 5.97 Å². The quantitative estimate of drug-likeness (QED) is 0.667. The topological polar surface area (TPSA) is 54.0 Å². The first-order chi connectivity index (χ1) is 7.56. The predicted molar refractivity (Wildman–Crippen MR) is 57.1 cm³/mol. The van der Waals surface area contributed by atoms with Gasteiger partial charge in [0.05, 0.1) is 19.3 Å². The Morgan fingerprint density at radius 2 is 1.62 bits per heavy atom. The number of carbonyl (C=O) groups is 1. The maximum Gasteiger partial charge on any atom is 0.335 e. The Labute approximate surface area is 96.0 Å². The molecule has 0 aliphatic carbocycles. The SMILES string of the molecule is COC(=O)C1OC(C)C(OC)C(OC)[C@@H]1C. The van der Waals surface area contributed by atoms with E-state index in [0.717, 1.165) is 0 Å². The van der Waals surface area contributed by atoms with Gasteiger partial charge in [0.1, 0.15) is 6.10 Å². The highest BCUT2D eigenvalue weighted by atomic mass is 16.6. The Morgan fingerprint density at radius 1 is 1.06 bits per heavy atom. The van der Waals surface area contributed by atoms with E-state index in [1.54, 1.807) is 14.2 Å². The molecule has 1 aliphatic rings. The number of hydrogen-bond donors (Lipinski definition) is 0. The van der Waals surface area contributed by atoms with Crippen molar-refractivity contribution in [1.82, 2.24) is 0 Å². The first kappa shape index (κ1) is 13.4. The molecule has 4 unspecified atom stereocenters. The Morgan fingerprint density at radius 3 is 2.06 bits per heavy atom. The fourth-order valence-corrected chi connectivity index (χ4v) is 2.23. The Hall–Kier alpha value is -0.650. The Kier molecular flexibility index (Phi) is 4.70. The minimum Gasteiger partial charge on any atom is -0.467 e. The van der Waals surface area contributed by atoms with Crippen LogP contribution in [0.2, 0.25) is 0 Å². The molecule has 1 fully saturated rings. The van der Waals surface area contributed by atoms with Gasteiger partial charge in [0, 0.05) is 20.1 Å². The van der Waals surface area contributed by atoms with Gasteiger partial charge in [0.2, 0.25) is 0 Å². The molecule has 0 aromatic carbocycles. The van der Waals surface area contributed by atoms with Crippen LogP contribution in [0.5, 0.6) is 0 Å². The molecule has 0 saturated carbocycles. The summed E-state index contributed by atoms with van der Waals surface area (Å²) in [6.07, 6.45) is -1.12. The molecule has 5 nitrogen and oxygen atoms in total. The van der Waals surface area contributed by atoms with E-state index in [-0.39, 0.29) is 30.2 Å². The number of carbonyl (C=O) groups excluding carboxylic acids is 1. The molecular formula is C11H20O5. The van der Waals surface area contributed by atoms with Crippen LogP contribution in [-0.2, 0) is 23.7 Å². The van der Waals surface area contributed by atoms with Gasteiger partial charge < -0.3 is 18.9 Å². The summed E-state index contributed by atoms with van der Waals surface area (Å²) in [6, 6.07) is 0. The summed E-state index contributed by atoms with van der Waals surface area (Å²) in [5.74, 6) is -0.463. The average Bonchev–Trinajstić information content (AvgIpc) is 2.29. The lowest BCUT2D eigenvalue weighted by atomic mass is 9.88. The molecule has 0 bridgehead atoms. The molecule has 0 N–H and O–H groups in total. The Bertz CT molecular complexity index is 243. The van der Waals surface area contributed by atoms with Crippen LogP contribution in [0.1, 0.15) is 13.8 Å². The van der Waals surface area contributed by atoms with E-state index >= 15 is 0 Å². The summed E-state index contributed by atoms with van der Waals surface area (Å²) in [7, 11) is 4.58. The second kappa shape index (κ2) is 5.61. The molecule has 1 rings (SSSR count). The zero-order valence-electron chi connectivity index (χ0n) is 10.4. The summed E-state index contributed by atoms with van der Waals surface area (Å²) < 4.78 is 21.0. The minimum absolute atomic E-state index is 0.0985. The number of rotatable bonds is 3. The summed E-state index contributed by atoms with van der Waals surface area (Å²) in [6.45, 7) is 3.76. The van der Waals surface area contributed by atoms with Gasteiger partial charge >= 0.3 is 5.97 Å². The summed E-state index contributed by atoms with van der Waals surface area (Å²) in [5, 5.41) is 0. The minimum atomic E-state index is -0.587. The van der Waals surface area contributed by atoms with E-state index in [1.807, 2.05) is 13.8 Å². The lowest BCUT2D eigenvalue weighted by Gasteiger charge is -2.42. The molecule has 16 heavy (non-hydrogen) atoms. The highest BCUT2D eigenvalue weighted by Crippen LogP contribution is 2.29. The van der Waals surface area contributed by atoms with Gasteiger partial charge in [-0.3, -0.25) is 0 Å². The molecular weight excluding hydrogens is 212 g/mol. The first-order valence-electron chi connectivity index (χ1n) is 5.35. The van der Waals surface area contributed by atoms with Crippen LogP contribution in [0.15, 0.2) is 0 Å². The number of ether oxygens (including phenoxy) is 4. The van der Waals surface area contributed by atoms with Gasteiger partial charge in [-0.15, -0.1) is 0 Å². The van der Waals surface area contributed by atoms with Crippen LogP contribution < -0.4 is 0 Å². The third-order valence-corrected chi connectivity index (χ3v) is 3.12. The molecule has 94 valence electrons. The standard InChI is InChI=1S/C11H20O5/c1-6-8(13-3)10(14-4)7(2)16-9(6)11(12)15-5/h6-10H,1-5H3/t6-,7?,8?,9?,10?/m0/s1. The third-order valence-electron chi connectivity index (χ3n) is 3.12. The molecule has 0 aromatic rings. The van der Waals surface area contributed by atoms with Crippen molar-refractivity contribution in [3.8, 4) is 0 Å². The van der Waals surface area contributed by atoms with Crippen LogP contribution in [0.4, 0.5) is 0 Å². The molecule has 0 aromatic heterocycles. The maximum absolute atomic E-state index is 11.5. The van der Waals surface area contributed by atoms with Crippen molar-refractivity contribution in [2.45, 2.75) is 38.3 Å². The molecule has 1 heterocycles. The van der Waals surface area contributed by atoms with Crippen LogP contribution in [0.25, 0.3) is 0 Å². The maximum atomic E-state index is 11.5. The Balaban J connectivity index is 2.84. The second-order valence-electron chi connectivity index (χ2n) is 4.04. The van der Waals surface area contributed by atoms with E-state index in [1.165, 1.54) is 7.11 Å². The number of esters is 1. The van der Waals surface area contributed by atoms with E-state index in [4.69, 9.17) is 18.9 Å². The van der Waals surface area contributed by atoms with Crippen LogP contribution in [0, 0.1) is 5.92 Å². The zero-order chi connectivity index (χ0) is 12.3. The molecule has 0 spiro atoms. The van der Waals surface area contributed by atoms with E-state index in [0.29, 0.717) is 0 Å². The molecule has 5 atom stereocenters. The van der Waals surface area contributed by atoms with Gasteiger partial charge in [-0.2, -0.15) is 0 Å². The molecule has 1 aliphatic heterocycles. The van der Waals surface area contributed by atoms with Crippen molar-refractivity contribution in [3.05, 3.63) is 0 Å². The van der Waals surface area contributed by atoms with Gasteiger partial charge in [-0.05, 0) is 6.92 Å². The normalized spacial score (nSPS) is 39.4. The number of hydrogen-bond acceptors (Lipinski definition) is 5. The van der Waals surface area contributed by atoms with Crippen molar-refractivity contribution in [2.75, 3.05) is 21.3 Å². The van der Waals surface area contributed by atoms with Crippen molar-refractivity contribution in [1.29, 1.82) is 0 Å². The van der Waals surface area contributed by atoms with Gasteiger partial charge in [-0.25, -0.2) is 4.79 Å². The monoisotopic (exact) mass is 232 g/mol. The van der Waals surface area contributed by atoms with E-state index in [9.17, 15) is 4.79 Å². The summed E-state index contributed by atoms with van der Waals surface area (Å²) in [5.41, 5.74) is 0. The zero-order valence-corrected chi connectivity index (χ0v) is 10.4. The molecule has 0 radical (unpaired) electrons. The van der Waals surface area contributed by atoms with Crippen molar-refractivity contribution < 1.29 is 23.7 Å². The van der Waals surface area contributed by atoms with Gasteiger partial charge in [-0.1, -0.05) is 6.92 Å². The first-order valence-corrected chi connectivity index (χ1v) is 5.35. The van der Waals surface area contributed by atoms with Crippen LogP contribution >= 0.6 is 0 Å². The average molecular weight is 232 g/mol. The van der Waals surface area contributed by atoms with Crippen LogP contribution in [-0.4, -0.2) is 51.7 Å². The fourth-order valence-electron chi connectivity index (χ4n) is 2.23. The largest absolute Gasteiger partial charge is 0.467 e. The van der Waals surface area contributed by atoms with E-state index in [2.05, 4.69) is 0 Å². The number of methoxy groups -OCH3 is 3. The summed E-state index contributed by atoms with van der Waals surface area (Å²) in [4.78, 5) is 11.5. The predicted octanol–water partition coefficient (Wildman–Crippen LogP) is 0.613. The molecule has 5 heteroatoms. The lowest BCUT2D eigenvalue weighted by Crippen LogP contribution is -2.56. The third kappa shape index (κ3) is 2.36.